The number of hydrogen-bond acceptors (Lipinski definition) is 7. The highest BCUT2D eigenvalue weighted by Gasteiger charge is 2.25. The van der Waals surface area contributed by atoms with Gasteiger partial charge in [-0.1, -0.05) is 6.07 Å². The van der Waals surface area contributed by atoms with Crippen molar-refractivity contribution in [3.63, 3.8) is 0 Å². The Balaban J connectivity index is 2.17. The first-order valence-corrected chi connectivity index (χ1v) is 11.8. The van der Waals surface area contributed by atoms with Crippen LogP contribution in [0.2, 0.25) is 0 Å². The normalized spacial score (nSPS) is 11.8. The number of aliphatic hydroxyl groups excluding tert-OH is 1. The number of furan rings is 1. The fourth-order valence-corrected chi connectivity index (χ4v) is 3.82. The van der Waals surface area contributed by atoms with Gasteiger partial charge in [0.2, 0.25) is 11.7 Å². The Bertz CT molecular complexity index is 1560. The largest absolute Gasteiger partial charge is 0.511 e. The Labute approximate surface area is 219 Å². The first kappa shape index (κ1) is 27.4. The van der Waals surface area contributed by atoms with Crippen molar-refractivity contribution in [1.29, 1.82) is 10.5 Å². The topological polar surface area (TPSA) is 147 Å². The Morgan fingerprint density at radius 1 is 1.03 bits per heavy atom. The molecule has 0 atom stereocenters. The molecule has 2 N–H and O–H groups in total. The number of likely N-dealkylation sites (N-methyl/N-ethyl adjacent to an activating group) is 1. The smallest absolute Gasteiger partial charge is 0.269 e. The fraction of sp³-hybridized carbons (Fsp3) is 0.207. The van der Waals surface area contributed by atoms with E-state index in [1.807, 2.05) is 19.9 Å². The average Bonchev–Trinajstić information content (AvgIpc) is 3.26. The van der Waals surface area contributed by atoms with Gasteiger partial charge < -0.3 is 19.7 Å². The third kappa shape index (κ3) is 5.63. The van der Waals surface area contributed by atoms with Crippen LogP contribution in [-0.4, -0.2) is 40.7 Å². The standard InChI is InChI=1S/C29H26N4O5/c1-5-33(6-2)25(35)13-17(3)21-11-12-24-22(14-21)26(32-29(37)23(16-31)18(4)34)28(38-24)27(36)20-9-7-19(15-30)8-10-20/h7-14,34H,5-6H2,1-4H3,(H,32,37). The predicted molar refractivity (Wildman–Crippen MR) is 142 cm³/mol. The summed E-state index contributed by atoms with van der Waals surface area (Å²) in [7, 11) is 0. The third-order valence-electron chi connectivity index (χ3n) is 5.98. The van der Waals surface area contributed by atoms with Gasteiger partial charge in [0, 0.05) is 30.1 Å². The number of nitrogens with one attached hydrogen (secondary N) is 1. The van der Waals surface area contributed by atoms with Crippen LogP contribution in [0.15, 0.2) is 64.3 Å². The molecule has 192 valence electrons. The minimum Gasteiger partial charge on any atom is -0.511 e. The lowest BCUT2D eigenvalue weighted by molar-refractivity contribution is -0.125. The van der Waals surface area contributed by atoms with Crippen molar-refractivity contribution in [2.45, 2.75) is 27.7 Å². The molecule has 0 bridgehead atoms. The van der Waals surface area contributed by atoms with E-state index in [0.29, 0.717) is 35.2 Å². The van der Waals surface area contributed by atoms with Crippen molar-refractivity contribution in [1.82, 2.24) is 4.90 Å². The number of anilines is 1. The van der Waals surface area contributed by atoms with Gasteiger partial charge in [0.1, 0.15) is 17.4 Å². The molecule has 9 nitrogen and oxygen atoms in total. The molecular weight excluding hydrogens is 484 g/mol. The van der Waals surface area contributed by atoms with Crippen LogP contribution in [0.5, 0.6) is 0 Å². The second-order valence-corrected chi connectivity index (χ2v) is 8.40. The predicted octanol–water partition coefficient (Wildman–Crippen LogP) is 5.10. The highest BCUT2D eigenvalue weighted by Crippen LogP contribution is 2.35. The molecule has 0 aliphatic rings. The molecule has 0 radical (unpaired) electrons. The number of rotatable bonds is 8. The molecule has 0 aliphatic carbocycles. The van der Waals surface area contributed by atoms with Gasteiger partial charge in [0.05, 0.1) is 17.3 Å². The Morgan fingerprint density at radius 2 is 1.66 bits per heavy atom. The molecule has 0 spiro atoms. The number of hydrogen-bond donors (Lipinski definition) is 2. The third-order valence-corrected chi connectivity index (χ3v) is 5.98. The number of carbonyl (C=O) groups is 3. The number of aliphatic hydroxyl groups is 1. The first-order valence-electron chi connectivity index (χ1n) is 11.8. The molecule has 38 heavy (non-hydrogen) atoms. The Morgan fingerprint density at radius 3 is 2.21 bits per heavy atom. The molecule has 0 saturated carbocycles. The summed E-state index contributed by atoms with van der Waals surface area (Å²) >= 11 is 0. The van der Waals surface area contributed by atoms with E-state index in [2.05, 4.69) is 5.32 Å². The van der Waals surface area contributed by atoms with E-state index < -0.39 is 23.0 Å². The Kier molecular flexibility index (Phi) is 8.46. The summed E-state index contributed by atoms with van der Waals surface area (Å²) in [5, 5.41) is 31.0. The van der Waals surface area contributed by atoms with Crippen molar-refractivity contribution < 1.29 is 23.9 Å². The van der Waals surface area contributed by atoms with Gasteiger partial charge in [-0.2, -0.15) is 10.5 Å². The van der Waals surface area contributed by atoms with Crippen LogP contribution in [0.3, 0.4) is 0 Å². The lowest BCUT2D eigenvalue weighted by atomic mass is 10.0. The zero-order valence-electron chi connectivity index (χ0n) is 21.5. The van der Waals surface area contributed by atoms with E-state index in [9.17, 15) is 24.8 Å². The van der Waals surface area contributed by atoms with Crippen LogP contribution in [-0.2, 0) is 9.59 Å². The summed E-state index contributed by atoms with van der Waals surface area (Å²) in [5.74, 6) is -2.29. The summed E-state index contributed by atoms with van der Waals surface area (Å²) < 4.78 is 5.85. The van der Waals surface area contributed by atoms with E-state index in [1.165, 1.54) is 37.3 Å². The van der Waals surface area contributed by atoms with E-state index in [4.69, 9.17) is 9.68 Å². The number of benzene rings is 2. The number of fused-ring (bicyclic) bond motifs is 1. The van der Waals surface area contributed by atoms with Crippen LogP contribution < -0.4 is 5.32 Å². The summed E-state index contributed by atoms with van der Waals surface area (Å²) in [6.45, 7) is 7.89. The number of allylic oxidation sites excluding steroid dienone is 2. The monoisotopic (exact) mass is 510 g/mol. The van der Waals surface area contributed by atoms with Crippen molar-refractivity contribution in [2.24, 2.45) is 0 Å². The maximum absolute atomic E-state index is 13.4. The second-order valence-electron chi connectivity index (χ2n) is 8.40. The molecule has 2 amide bonds. The van der Waals surface area contributed by atoms with Gasteiger partial charge in [-0.25, -0.2) is 0 Å². The summed E-state index contributed by atoms with van der Waals surface area (Å²) in [6.07, 6.45) is 1.51. The molecule has 0 fully saturated rings. The number of nitrogens with zero attached hydrogens (tertiary/aromatic N) is 3. The van der Waals surface area contributed by atoms with Gasteiger partial charge in [0.15, 0.2) is 11.3 Å². The molecular formula is C29H26N4O5. The summed E-state index contributed by atoms with van der Waals surface area (Å²) in [4.78, 5) is 40.5. The minimum atomic E-state index is -0.918. The van der Waals surface area contributed by atoms with Crippen LogP contribution >= 0.6 is 0 Å². The van der Waals surface area contributed by atoms with Crippen LogP contribution in [0.25, 0.3) is 16.5 Å². The van der Waals surface area contributed by atoms with E-state index in [1.54, 1.807) is 36.1 Å². The molecule has 2 aromatic carbocycles. The first-order chi connectivity index (χ1) is 18.1. The zero-order chi connectivity index (χ0) is 28.0. The van der Waals surface area contributed by atoms with Gasteiger partial charge in [-0.15, -0.1) is 0 Å². The molecule has 0 unspecified atom stereocenters. The molecule has 1 aromatic heterocycles. The number of ketones is 1. The van der Waals surface area contributed by atoms with Crippen LogP contribution in [0.4, 0.5) is 5.69 Å². The van der Waals surface area contributed by atoms with Crippen LogP contribution in [0.1, 0.15) is 54.9 Å². The molecule has 0 aliphatic heterocycles. The molecule has 0 saturated heterocycles. The van der Waals surface area contributed by atoms with Gasteiger partial charge >= 0.3 is 0 Å². The molecule has 3 aromatic rings. The number of amides is 2. The quantitative estimate of drug-likeness (QED) is 0.185. The molecule has 9 heteroatoms. The van der Waals surface area contributed by atoms with Crippen molar-refractivity contribution >= 4 is 39.8 Å². The van der Waals surface area contributed by atoms with E-state index in [0.717, 1.165) is 0 Å². The van der Waals surface area contributed by atoms with Crippen molar-refractivity contribution in [3.8, 4) is 12.1 Å². The summed E-state index contributed by atoms with van der Waals surface area (Å²) in [6, 6.07) is 14.6. The van der Waals surface area contributed by atoms with E-state index in [-0.39, 0.29) is 28.5 Å². The second kappa shape index (κ2) is 11.7. The van der Waals surface area contributed by atoms with Gasteiger partial charge in [-0.05, 0) is 75.2 Å². The highest BCUT2D eigenvalue weighted by atomic mass is 16.3. The highest BCUT2D eigenvalue weighted by molar-refractivity contribution is 6.19. The minimum absolute atomic E-state index is 0.0121. The van der Waals surface area contributed by atoms with Crippen LogP contribution in [0, 0.1) is 22.7 Å². The Hall–Kier alpha value is -5.15. The number of nitriles is 2. The zero-order valence-corrected chi connectivity index (χ0v) is 21.5. The summed E-state index contributed by atoms with van der Waals surface area (Å²) in [5.41, 5.74) is 1.67. The van der Waals surface area contributed by atoms with Crippen molar-refractivity contribution in [2.75, 3.05) is 18.4 Å². The average molecular weight is 511 g/mol. The van der Waals surface area contributed by atoms with Gasteiger partial charge in [-0.3, -0.25) is 14.4 Å². The maximum atomic E-state index is 13.4. The fourth-order valence-electron chi connectivity index (χ4n) is 3.82. The lowest BCUT2D eigenvalue weighted by Gasteiger charge is -2.16. The van der Waals surface area contributed by atoms with Gasteiger partial charge in [0.25, 0.3) is 5.91 Å². The SMILES string of the molecule is CCN(CC)C(=O)C=C(C)c1ccc2oc(C(=O)c3ccc(C#N)cc3)c(NC(=O)C(C#N)=C(C)O)c2c1. The maximum Gasteiger partial charge on any atom is 0.269 e. The van der Waals surface area contributed by atoms with Crippen molar-refractivity contribution in [3.05, 3.63) is 82.3 Å². The van der Waals surface area contributed by atoms with E-state index >= 15 is 0 Å². The lowest BCUT2D eigenvalue weighted by Crippen LogP contribution is -2.28. The molecule has 1 heterocycles. The molecule has 3 rings (SSSR count). The number of carbonyl (C=O) groups excluding carboxylic acids is 3.